The summed E-state index contributed by atoms with van der Waals surface area (Å²) in [5.41, 5.74) is 4.23. The number of ketones is 1. The fourth-order valence-corrected chi connectivity index (χ4v) is 4.84. The Hall–Kier alpha value is -4.51. The van der Waals surface area contributed by atoms with Crippen molar-refractivity contribution in [3.8, 4) is 11.4 Å². The van der Waals surface area contributed by atoms with Gasteiger partial charge in [-0.3, -0.25) is 14.3 Å². The molecular weight excluding hydrogens is 542 g/mol. The summed E-state index contributed by atoms with van der Waals surface area (Å²) < 4.78 is 33.5. The summed E-state index contributed by atoms with van der Waals surface area (Å²) in [5.74, 6) is -0.512. The van der Waals surface area contributed by atoms with E-state index in [1.54, 1.807) is 42.5 Å². The van der Waals surface area contributed by atoms with Crippen molar-refractivity contribution in [1.29, 1.82) is 0 Å². The number of sulfonamides is 1. The molecule has 0 saturated carbocycles. The van der Waals surface area contributed by atoms with Crippen LogP contribution in [0.3, 0.4) is 0 Å². The Kier molecular flexibility index (Phi) is 8.03. The number of anilines is 2. The highest BCUT2D eigenvalue weighted by molar-refractivity contribution is 7.92. The fraction of sp³-hybridized carbons (Fsp3) is 0.267. The predicted octanol–water partition coefficient (Wildman–Crippen LogP) is 5.05. The van der Waals surface area contributed by atoms with Gasteiger partial charge in [0.1, 0.15) is 0 Å². The molecule has 3 aromatic carbocycles. The molecule has 41 heavy (non-hydrogen) atoms. The number of hydrogen-bond donors (Lipinski definition) is 2. The monoisotopic (exact) mass is 575 g/mol. The van der Waals surface area contributed by atoms with E-state index >= 15 is 0 Å². The van der Waals surface area contributed by atoms with E-state index in [0.717, 1.165) is 22.9 Å². The molecule has 0 radical (unpaired) electrons. The minimum Gasteiger partial charge on any atom is -0.492 e. The molecule has 0 unspecified atom stereocenters. The summed E-state index contributed by atoms with van der Waals surface area (Å²) in [6.07, 6.45) is 2.59. The molecule has 0 aliphatic rings. The summed E-state index contributed by atoms with van der Waals surface area (Å²) in [6, 6.07) is 15.8. The zero-order valence-corrected chi connectivity index (χ0v) is 24.9. The number of methoxy groups -OCH3 is 1. The van der Waals surface area contributed by atoms with Crippen molar-refractivity contribution in [3.05, 3.63) is 94.3 Å². The number of amides is 1. The van der Waals surface area contributed by atoms with Gasteiger partial charge in [0.15, 0.2) is 11.4 Å². The van der Waals surface area contributed by atoms with E-state index in [2.05, 4.69) is 20.4 Å². The zero-order valence-electron chi connectivity index (χ0n) is 24.1. The van der Waals surface area contributed by atoms with Crippen LogP contribution >= 0.6 is 0 Å². The largest absolute Gasteiger partial charge is 0.492 e. The van der Waals surface area contributed by atoms with Crippen LogP contribution < -0.4 is 14.8 Å². The molecule has 0 bridgehead atoms. The number of aryl methyl sites for hydroxylation is 2. The van der Waals surface area contributed by atoms with Crippen molar-refractivity contribution in [3.63, 3.8) is 0 Å². The molecule has 4 rings (SSSR count). The Morgan fingerprint density at radius 2 is 1.63 bits per heavy atom. The zero-order chi connectivity index (χ0) is 30.1. The maximum absolute atomic E-state index is 13.5. The van der Waals surface area contributed by atoms with Crippen LogP contribution in [0, 0.1) is 13.8 Å². The van der Waals surface area contributed by atoms with Crippen molar-refractivity contribution in [2.24, 2.45) is 0 Å². The molecule has 214 valence electrons. The van der Waals surface area contributed by atoms with E-state index in [4.69, 9.17) is 4.74 Å². The third-order valence-electron chi connectivity index (χ3n) is 6.54. The smallest absolute Gasteiger partial charge is 0.255 e. The molecule has 1 aromatic heterocycles. The third kappa shape index (κ3) is 6.63. The van der Waals surface area contributed by atoms with Crippen molar-refractivity contribution >= 4 is 33.1 Å². The molecule has 1 amide bonds. The number of carbonyl (C=O) groups is 2. The van der Waals surface area contributed by atoms with Crippen molar-refractivity contribution in [1.82, 2.24) is 15.0 Å². The topological polar surface area (TPSA) is 132 Å². The highest BCUT2D eigenvalue weighted by Gasteiger charge is 2.23. The van der Waals surface area contributed by atoms with Gasteiger partial charge in [0.05, 0.1) is 36.6 Å². The SMILES string of the molecule is COc1c(NC(=O)c2ccc(C)c(-n3cc(C(=O)c4ccccc4C)nn3)c2)cc(C(C)(C)C)cc1NS(C)(=O)=O. The molecule has 4 aromatic rings. The highest BCUT2D eigenvalue weighted by atomic mass is 32.2. The Bertz CT molecular complexity index is 1750. The van der Waals surface area contributed by atoms with Gasteiger partial charge in [0.2, 0.25) is 15.8 Å². The molecular formula is C30H33N5O5S. The van der Waals surface area contributed by atoms with Crippen LogP contribution in [-0.2, 0) is 15.4 Å². The number of aromatic nitrogens is 3. The predicted molar refractivity (Wildman–Crippen MR) is 159 cm³/mol. The second-order valence-electron chi connectivity index (χ2n) is 10.9. The van der Waals surface area contributed by atoms with E-state index < -0.39 is 15.9 Å². The van der Waals surface area contributed by atoms with Gasteiger partial charge in [0, 0.05) is 11.1 Å². The molecule has 10 nitrogen and oxygen atoms in total. The van der Waals surface area contributed by atoms with E-state index in [0.29, 0.717) is 22.5 Å². The second kappa shape index (κ2) is 11.2. The van der Waals surface area contributed by atoms with Crippen molar-refractivity contribution < 1.29 is 22.7 Å². The van der Waals surface area contributed by atoms with E-state index in [1.807, 2.05) is 46.8 Å². The first-order chi connectivity index (χ1) is 19.2. The number of ether oxygens (including phenoxy) is 1. The van der Waals surface area contributed by atoms with Crippen LogP contribution in [0.25, 0.3) is 5.69 Å². The van der Waals surface area contributed by atoms with E-state index in [-0.39, 0.29) is 28.3 Å². The lowest BCUT2D eigenvalue weighted by molar-refractivity contribution is 0.102. The summed E-state index contributed by atoms with van der Waals surface area (Å²) in [5, 5.41) is 11.1. The molecule has 0 aliphatic carbocycles. The molecule has 0 spiro atoms. The van der Waals surface area contributed by atoms with Gasteiger partial charge >= 0.3 is 0 Å². The van der Waals surface area contributed by atoms with Crippen LogP contribution in [-0.4, -0.2) is 48.5 Å². The molecule has 0 fully saturated rings. The first-order valence-electron chi connectivity index (χ1n) is 12.8. The second-order valence-corrected chi connectivity index (χ2v) is 12.6. The number of nitrogens with zero attached hydrogens (tertiary/aromatic N) is 3. The van der Waals surface area contributed by atoms with Gasteiger partial charge in [-0.2, -0.15) is 0 Å². The average Bonchev–Trinajstić information content (AvgIpc) is 3.37. The number of carbonyl (C=O) groups excluding carboxylic acids is 2. The maximum Gasteiger partial charge on any atom is 0.255 e. The van der Waals surface area contributed by atoms with Gasteiger partial charge in [0.25, 0.3) is 5.91 Å². The molecule has 0 saturated heterocycles. The standard InChI is InChI=1S/C30H33N5O5S/c1-18-10-8-9-11-22(18)27(36)25-17-35(34-32-25)26-14-20(13-12-19(26)2)29(37)31-23-15-21(30(3,4)5)16-24(28(23)40-6)33-41(7,38)39/h8-17,33H,1-7H3,(H,31,37). The van der Waals surface area contributed by atoms with Crippen molar-refractivity contribution in [2.75, 3.05) is 23.4 Å². The van der Waals surface area contributed by atoms with Gasteiger partial charge in [-0.15, -0.1) is 5.10 Å². The Morgan fingerprint density at radius 1 is 0.951 bits per heavy atom. The van der Waals surface area contributed by atoms with Crippen LogP contribution in [0.4, 0.5) is 11.4 Å². The lowest BCUT2D eigenvalue weighted by atomic mass is 9.86. The first kappa shape index (κ1) is 29.5. The third-order valence-corrected chi connectivity index (χ3v) is 7.13. The summed E-state index contributed by atoms with van der Waals surface area (Å²) in [7, 11) is -2.21. The van der Waals surface area contributed by atoms with Gasteiger partial charge in [-0.05, 0) is 60.2 Å². The number of benzene rings is 3. The van der Waals surface area contributed by atoms with Crippen LogP contribution in [0.1, 0.15) is 63.9 Å². The average molecular weight is 576 g/mol. The highest BCUT2D eigenvalue weighted by Crippen LogP contribution is 2.39. The Morgan fingerprint density at radius 3 is 2.27 bits per heavy atom. The summed E-state index contributed by atoms with van der Waals surface area (Å²) in [4.78, 5) is 26.5. The van der Waals surface area contributed by atoms with Gasteiger partial charge < -0.3 is 10.1 Å². The maximum atomic E-state index is 13.5. The molecule has 2 N–H and O–H groups in total. The van der Waals surface area contributed by atoms with Gasteiger partial charge in [-0.25, -0.2) is 13.1 Å². The lowest BCUT2D eigenvalue weighted by Crippen LogP contribution is -2.18. The normalized spacial score (nSPS) is 11.7. The minimum absolute atomic E-state index is 0.180. The molecule has 11 heteroatoms. The summed E-state index contributed by atoms with van der Waals surface area (Å²) in [6.45, 7) is 9.66. The van der Waals surface area contributed by atoms with Crippen LogP contribution in [0.15, 0.2) is 60.8 Å². The first-order valence-corrected chi connectivity index (χ1v) is 14.7. The summed E-state index contributed by atoms with van der Waals surface area (Å²) >= 11 is 0. The molecule has 1 heterocycles. The molecule has 0 atom stereocenters. The van der Waals surface area contributed by atoms with Crippen molar-refractivity contribution in [2.45, 2.75) is 40.0 Å². The van der Waals surface area contributed by atoms with E-state index in [9.17, 15) is 18.0 Å². The van der Waals surface area contributed by atoms with Crippen LogP contribution in [0.2, 0.25) is 0 Å². The van der Waals surface area contributed by atoms with E-state index in [1.165, 1.54) is 18.0 Å². The molecule has 0 aliphatic heterocycles. The van der Waals surface area contributed by atoms with Gasteiger partial charge in [-0.1, -0.05) is 56.3 Å². The number of hydrogen-bond acceptors (Lipinski definition) is 7. The number of rotatable bonds is 8. The lowest BCUT2D eigenvalue weighted by Gasteiger charge is -2.24. The fourth-order valence-electron chi connectivity index (χ4n) is 4.29. The number of nitrogens with one attached hydrogen (secondary N) is 2. The van der Waals surface area contributed by atoms with Crippen LogP contribution in [0.5, 0.6) is 5.75 Å². The minimum atomic E-state index is -3.62. The quantitative estimate of drug-likeness (QED) is 0.281. The Balaban J connectivity index is 1.69. The Labute approximate surface area is 239 Å².